The Morgan fingerprint density at radius 1 is 1.36 bits per heavy atom. The average Bonchev–Trinajstić information content (AvgIpc) is 2.87. The first-order chi connectivity index (χ1) is 13.3. The Balaban J connectivity index is 2.24. The summed E-state index contributed by atoms with van der Waals surface area (Å²) in [7, 11) is 1.50. The number of thioether (sulfide) groups is 1. The summed E-state index contributed by atoms with van der Waals surface area (Å²) in [5.74, 6) is -0.212. The molecule has 1 aliphatic heterocycles. The summed E-state index contributed by atoms with van der Waals surface area (Å²) < 4.78 is 16.5. The minimum Gasteiger partial charge on any atom is -0.493 e. The van der Waals surface area contributed by atoms with Crippen LogP contribution in [0.4, 0.5) is 4.79 Å². The van der Waals surface area contributed by atoms with Crippen LogP contribution < -0.4 is 9.47 Å². The van der Waals surface area contributed by atoms with E-state index in [9.17, 15) is 14.4 Å². The van der Waals surface area contributed by atoms with Crippen molar-refractivity contribution in [1.29, 1.82) is 0 Å². The standard InChI is InChI=1S/C19H20BrNO6S/c1-5-6-26-17-13(20)7-12(8-14(17)25-4)9-15-18(23)21(19(24)28-15)10-16(22)27-11(2)3/h5,7-9,11H,1,6,10H2,2-4H3/b15-9-. The van der Waals surface area contributed by atoms with Crippen LogP contribution in [0.2, 0.25) is 0 Å². The Bertz CT molecular complexity index is 836. The van der Waals surface area contributed by atoms with Crippen molar-refractivity contribution in [1.82, 2.24) is 4.90 Å². The predicted molar refractivity (Wildman–Crippen MR) is 110 cm³/mol. The van der Waals surface area contributed by atoms with Gasteiger partial charge in [-0.3, -0.25) is 19.3 Å². The number of esters is 1. The van der Waals surface area contributed by atoms with E-state index in [4.69, 9.17) is 14.2 Å². The molecule has 0 saturated carbocycles. The van der Waals surface area contributed by atoms with Gasteiger partial charge in [-0.2, -0.15) is 0 Å². The number of carbonyl (C=O) groups is 3. The lowest BCUT2D eigenvalue weighted by molar-refractivity contribution is -0.149. The van der Waals surface area contributed by atoms with Crippen molar-refractivity contribution in [3.05, 3.63) is 39.7 Å². The van der Waals surface area contributed by atoms with E-state index in [1.54, 1.807) is 38.1 Å². The van der Waals surface area contributed by atoms with Crippen molar-refractivity contribution in [3.8, 4) is 11.5 Å². The first-order valence-electron chi connectivity index (χ1n) is 8.32. The largest absolute Gasteiger partial charge is 0.493 e. The smallest absolute Gasteiger partial charge is 0.326 e. The fourth-order valence-electron chi connectivity index (χ4n) is 2.32. The van der Waals surface area contributed by atoms with Gasteiger partial charge in [0, 0.05) is 0 Å². The van der Waals surface area contributed by atoms with Crippen molar-refractivity contribution in [3.63, 3.8) is 0 Å². The number of benzene rings is 1. The van der Waals surface area contributed by atoms with Crippen LogP contribution in [0.15, 0.2) is 34.2 Å². The third kappa shape index (κ3) is 5.39. The second-order valence-electron chi connectivity index (χ2n) is 5.94. The summed E-state index contributed by atoms with van der Waals surface area (Å²) in [4.78, 5) is 37.5. The van der Waals surface area contributed by atoms with Crippen LogP contribution in [-0.2, 0) is 14.3 Å². The lowest BCUT2D eigenvalue weighted by Gasteiger charge is -2.13. The lowest BCUT2D eigenvalue weighted by Crippen LogP contribution is -2.35. The van der Waals surface area contributed by atoms with Crippen molar-refractivity contribution >= 4 is 50.9 Å². The summed E-state index contributed by atoms with van der Waals surface area (Å²) in [6, 6.07) is 3.42. The van der Waals surface area contributed by atoms with E-state index in [-0.39, 0.29) is 11.0 Å². The van der Waals surface area contributed by atoms with E-state index in [0.717, 1.165) is 16.7 Å². The normalized spacial score (nSPS) is 15.3. The number of nitrogens with zero attached hydrogens (tertiary/aromatic N) is 1. The van der Waals surface area contributed by atoms with Gasteiger partial charge in [0.15, 0.2) is 11.5 Å². The number of methoxy groups -OCH3 is 1. The van der Waals surface area contributed by atoms with E-state index >= 15 is 0 Å². The maximum Gasteiger partial charge on any atom is 0.326 e. The van der Waals surface area contributed by atoms with Gasteiger partial charge in [0.2, 0.25) is 0 Å². The molecule has 0 N–H and O–H groups in total. The number of carbonyl (C=O) groups excluding carboxylic acids is 3. The number of imide groups is 1. The number of halogens is 1. The van der Waals surface area contributed by atoms with Gasteiger partial charge in [-0.1, -0.05) is 12.7 Å². The van der Waals surface area contributed by atoms with Crippen LogP contribution in [0, 0.1) is 0 Å². The van der Waals surface area contributed by atoms with E-state index in [1.165, 1.54) is 7.11 Å². The summed E-state index contributed by atoms with van der Waals surface area (Å²) in [5.41, 5.74) is 0.630. The maximum absolute atomic E-state index is 12.5. The zero-order valence-electron chi connectivity index (χ0n) is 15.7. The van der Waals surface area contributed by atoms with Crippen molar-refractivity contribution in [2.75, 3.05) is 20.3 Å². The topological polar surface area (TPSA) is 82.1 Å². The molecule has 0 aliphatic carbocycles. The summed E-state index contributed by atoms with van der Waals surface area (Å²) >= 11 is 4.18. The molecule has 0 aromatic heterocycles. The number of hydrogen-bond acceptors (Lipinski definition) is 7. The van der Waals surface area contributed by atoms with Crippen LogP contribution >= 0.6 is 27.7 Å². The number of rotatable bonds is 8. The fraction of sp³-hybridized carbons (Fsp3) is 0.316. The molecule has 1 aromatic rings. The van der Waals surface area contributed by atoms with Crippen LogP contribution in [0.1, 0.15) is 19.4 Å². The molecule has 150 valence electrons. The first-order valence-corrected chi connectivity index (χ1v) is 9.93. The van der Waals surface area contributed by atoms with Gasteiger partial charge in [-0.25, -0.2) is 0 Å². The Labute approximate surface area is 175 Å². The van der Waals surface area contributed by atoms with Crippen molar-refractivity contribution < 1.29 is 28.6 Å². The van der Waals surface area contributed by atoms with Gasteiger partial charge in [0.25, 0.3) is 11.1 Å². The highest BCUT2D eigenvalue weighted by molar-refractivity contribution is 9.10. The summed E-state index contributed by atoms with van der Waals surface area (Å²) in [6.45, 7) is 6.88. The molecule has 2 rings (SSSR count). The summed E-state index contributed by atoms with van der Waals surface area (Å²) in [5, 5.41) is -0.520. The Kier molecular flexibility index (Phi) is 7.70. The van der Waals surface area contributed by atoms with Crippen molar-refractivity contribution in [2.45, 2.75) is 20.0 Å². The van der Waals surface area contributed by atoms with E-state index in [1.807, 2.05) is 0 Å². The average molecular weight is 470 g/mol. The molecule has 1 aromatic carbocycles. The molecule has 1 heterocycles. The molecule has 9 heteroatoms. The van der Waals surface area contributed by atoms with Crippen LogP contribution in [0.25, 0.3) is 6.08 Å². The third-order valence-corrected chi connectivity index (χ3v) is 4.92. The molecule has 0 bridgehead atoms. The first kappa shape index (κ1) is 22.0. The summed E-state index contributed by atoms with van der Waals surface area (Å²) in [6.07, 6.45) is 2.85. The Morgan fingerprint density at radius 3 is 2.68 bits per heavy atom. The quantitative estimate of drug-likeness (QED) is 0.323. The maximum atomic E-state index is 12.5. The minimum absolute atomic E-state index is 0.205. The van der Waals surface area contributed by atoms with Gasteiger partial charge in [-0.05, 0) is 65.3 Å². The van der Waals surface area contributed by atoms with Gasteiger partial charge < -0.3 is 14.2 Å². The Morgan fingerprint density at radius 2 is 2.07 bits per heavy atom. The molecule has 7 nitrogen and oxygen atoms in total. The molecule has 1 saturated heterocycles. The van der Waals surface area contributed by atoms with Crippen LogP contribution in [-0.4, -0.2) is 48.4 Å². The second-order valence-corrected chi connectivity index (χ2v) is 7.79. The third-order valence-electron chi connectivity index (χ3n) is 3.42. The second kappa shape index (κ2) is 9.79. The van der Waals surface area contributed by atoms with Gasteiger partial charge in [0.05, 0.1) is 22.6 Å². The van der Waals surface area contributed by atoms with E-state index in [0.29, 0.717) is 28.1 Å². The minimum atomic E-state index is -0.633. The molecule has 0 unspecified atom stereocenters. The van der Waals surface area contributed by atoms with E-state index in [2.05, 4.69) is 22.5 Å². The monoisotopic (exact) mass is 469 g/mol. The predicted octanol–water partition coefficient (Wildman–Crippen LogP) is 4.01. The molecule has 28 heavy (non-hydrogen) atoms. The van der Waals surface area contributed by atoms with E-state index < -0.39 is 23.7 Å². The van der Waals surface area contributed by atoms with Gasteiger partial charge >= 0.3 is 5.97 Å². The van der Waals surface area contributed by atoms with Crippen LogP contribution in [0.3, 0.4) is 0 Å². The molecule has 0 atom stereocenters. The number of amides is 2. The molecular formula is C19H20BrNO6S. The molecule has 0 spiro atoms. The molecule has 0 radical (unpaired) electrons. The van der Waals surface area contributed by atoms with Gasteiger partial charge in [-0.15, -0.1) is 0 Å². The lowest BCUT2D eigenvalue weighted by atomic mass is 10.2. The number of ether oxygens (including phenoxy) is 3. The molecule has 1 aliphatic rings. The SMILES string of the molecule is C=CCOc1c(Br)cc(/C=C2\SC(=O)N(CC(=O)OC(C)C)C2=O)cc1OC. The zero-order chi connectivity index (χ0) is 20.8. The van der Waals surface area contributed by atoms with Gasteiger partial charge in [0.1, 0.15) is 13.2 Å². The highest BCUT2D eigenvalue weighted by Gasteiger charge is 2.36. The number of hydrogen-bond donors (Lipinski definition) is 0. The van der Waals surface area contributed by atoms with Crippen molar-refractivity contribution in [2.24, 2.45) is 0 Å². The van der Waals surface area contributed by atoms with Crippen LogP contribution in [0.5, 0.6) is 11.5 Å². The molecule has 1 fully saturated rings. The molecule has 2 amide bonds. The molecular weight excluding hydrogens is 450 g/mol. The fourth-order valence-corrected chi connectivity index (χ4v) is 3.73. The highest BCUT2D eigenvalue weighted by Crippen LogP contribution is 2.39. The zero-order valence-corrected chi connectivity index (χ0v) is 18.1. The Hall–Kier alpha value is -2.26. The highest BCUT2D eigenvalue weighted by atomic mass is 79.9.